The second kappa shape index (κ2) is 4.84. The van der Waals surface area contributed by atoms with Gasteiger partial charge in [0, 0.05) is 11.2 Å². The maximum absolute atomic E-state index is 8.79. The number of hydrogen-bond donors (Lipinski definition) is 1. The number of nitrogens with one attached hydrogen (secondary N) is 1. The van der Waals surface area contributed by atoms with Crippen LogP contribution in [0.4, 0.5) is 5.69 Å². The minimum atomic E-state index is 0.0861. The van der Waals surface area contributed by atoms with Crippen molar-refractivity contribution in [2.75, 3.05) is 5.32 Å². The Balaban J connectivity index is 2.76. The lowest BCUT2D eigenvalue weighted by molar-refractivity contribution is 0.511. The van der Waals surface area contributed by atoms with Crippen LogP contribution in [-0.4, -0.2) is 5.54 Å². The van der Waals surface area contributed by atoms with E-state index < -0.39 is 0 Å². The number of hydrogen-bond acceptors (Lipinski definition) is 2. The maximum atomic E-state index is 8.79. The maximum Gasteiger partial charge on any atom is 0.0992 e. The van der Waals surface area contributed by atoms with Gasteiger partial charge in [0.1, 0.15) is 0 Å². The normalized spacial score (nSPS) is 10.8. The van der Waals surface area contributed by atoms with E-state index in [0.717, 1.165) is 18.5 Å². The molecule has 0 aliphatic carbocycles. The van der Waals surface area contributed by atoms with Crippen LogP contribution < -0.4 is 5.32 Å². The zero-order valence-corrected chi connectivity index (χ0v) is 9.67. The van der Waals surface area contributed by atoms with Crippen LogP contribution in [0.5, 0.6) is 0 Å². The van der Waals surface area contributed by atoms with Crippen LogP contribution in [0.25, 0.3) is 0 Å². The Hall–Kier alpha value is -1.49. The average Bonchev–Trinajstić information content (AvgIpc) is 2.17. The van der Waals surface area contributed by atoms with E-state index in [2.05, 4.69) is 32.2 Å². The first-order valence-electron chi connectivity index (χ1n) is 5.36. The van der Waals surface area contributed by atoms with Crippen molar-refractivity contribution in [3.05, 3.63) is 29.8 Å². The summed E-state index contributed by atoms with van der Waals surface area (Å²) in [5.74, 6) is 0. The molecule has 0 bridgehead atoms. The van der Waals surface area contributed by atoms with Gasteiger partial charge in [-0.25, -0.2) is 0 Å². The minimum absolute atomic E-state index is 0.0861. The van der Waals surface area contributed by atoms with Gasteiger partial charge in [0.25, 0.3) is 0 Å². The lowest BCUT2D eigenvalue weighted by atomic mass is 9.98. The fraction of sp³-hybridized carbons (Fsp3) is 0.462. The van der Waals surface area contributed by atoms with Crippen molar-refractivity contribution >= 4 is 5.69 Å². The fourth-order valence-electron chi connectivity index (χ4n) is 1.74. The highest BCUT2D eigenvalue weighted by Gasteiger charge is 2.15. The van der Waals surface area contributed by atoms with Crippen molar-refractivity contribution in [3.63, 3.8) is 0 Å². The van der Waals surface area contributed by atoms with Crippen molar-refractivity contribution in [3.8, 4) is 6.07 Å². The van der Waals surface area contributed by atoms with E-state index in [1.165, 1.54) is 0 Å². The highest BCUT2D eigenvalue weighted by atomic mass is 15.0. The van der Waals surface area contributed by atoms with E-state index in [0.29, 0.717) is 5.56 Å². The summed E-state index contributed by atoms with van der Waals surface area (Å²) in [7, 11) is 0. The molecule has 0 spiro atoms. The molecule has 0 aromatic heterocycles. The Labute approximate surface area is 91.9 Å². The van der Waals surface area contributed by atoms with E-state index in [9.17, 15) is 0 Å². The number of benzene rings is 1. The molecule has 0 radical (unpaired) electrons. The summed E-state index contributed by atoms with van der Waals surface area (Å²) in [6, 6.07) is 9.75. The molecule has 1 rings (SSSR count). The van der Waals surface area contributed by atoms with Crippen LogP contribution in [0.1, 0.15) is 39.2 Å². The highest BCUT2D eigenvalue weighted by molar-refractivity contribution is 5.50. The quantitative estimate of drug-likeness (QED) is 0.810. The molecule has 80 valence electrons. The minimum Gasteiger partial charge on any atom is -0.380 e. The molecule has 15 heavy (non-hydrogen) atoms. The standard InChI is InChI=1S/C13H18N2/c1-4-8-13(2,3)15-12-7-5-6-11(9-12)10-14/h5-7,9,15H,4,8H2,1-3H3. The van der Waals surface area contributed by atoms with E-state index in [1.54, 1.807) is 0 Å². The third-order valence-corrected chi connectivity index (χ3v) is 2.35. The van der Waals surface area contributed by atoms with E-state index in [4.69, 9.17) is 5.26 Å². The second-order valence-electron chi connectivity index (χ2n) is 4.45. The summed E-state index contributed by atoms with van der Waals surface area (Å²) in [5, 5.41) is 12.2. The third kappa shape index (κ3) is 3.63. The number of rotatable bonds is 4. The summed E-state index contributed by atoms with van der Waals surface area (Å²) >= 11 is 0. The number of nitriles is 1. The highest BCUT2D eigenvalue weighted by Crippen LogP contribution is 2.20. The molecule has 1 N–H and O–H groups in total. The SMILES string of the molecule is CCCC(C)(C)Nc1cccc(C#N)c1. The Kier molecular flexibility index (Phi) is 3.74. The van der Waals surface area contributed by atoms with E-state index in [1.807, 2.05) is 24.3 Å². The molecule has 2 nitrogen and oxygen atoms in total. The average molecular weight is 202 g/mol. The van der Waals surface area contributed by atoms with Gasteiger partial charge in [0.15, 0.2) is 0 Å². The molecule has 0 saturated heterocycles. The van der Waals surface area contributed by atoms with E-state index >= 15 is 0 Å². The molecule has 0 saturated carbocycles. The van der Waals surface area contributed by atoms with Gasteiger partial charge in [-0.2, -0.15) is 5.26 Å². The van der Waals surface area contributed by atoms with Crippen molar-refractivity contribution in [2.24, 2.45) is 0 Å². The molecular formula is C13H18N2. The lowest BCUT2D eigenvalue weighted by Gasteiger charge is -2.27. The fourth-order valence-corrected chi connectivity index (χ4v) is 1.74. The third-order valence-electron chi connectivity index (χ3n) is 2.35. The van der Waals surface area contributed by atoms with Gasteiger partial charge in [-0.05, 0) is 38.5 Å². The Bertz CT molecular complexity index is 361. The summed E-state index contributed by atoms with van der Waals surface area (Å²) in [6.45, 7) is 6.53. The van der Waals surface area contributed by atoms with Gasteiger partial charge >= 0.3 is 0 Å². The zero-order valence-electron chi connectivity index (χ0n) is 9.67. The summed E-state index contributed by atoms with van der Waals surface area (Å²) in [4.78, 5) is 0. The molecule has 2 heteroatoms. The molecule has 0 heterocycles. The van der Waals surface area contributed by atoms with Crippen molar-refractivity contribution in [2.45, 2.75) is 39.2 Å². The number of nitrogens with zero attached hydrogens (tertiary/aromatic N) is 1. The van der Waals surface area contributed by atoms with Gasteiger partial charge in [0.2, 0.25) is 0 Å². The van der Waals surface area contributed by atoms with Gasteiger partial charge in [-0.15, -0.1) is 0 Å². The molecule has 0 fully saturated rings. The summed E-state index contributed by atoms with van der Waals surface area (Å²) < 4.78 is 0. The molecular weight excluding hydrogens is 184 g/mol. The molecule has 0 unspecified atom stereocenters. The summed E-state index contributed by atoms with van der Waals surface area (Å²) in [5.41, 5.74) is 1.81. The van der Waals surface area contributed by atoms with Crippen LogP contribution in [0.3, 0.4) is 0 Å². The predicted molar refractivity (Wildman–Crippen MR) is 63.8 cm³/mol. The van der Waals surface area contributed by atoms with Crippen molar-refractivity contribution < 1.29 is 0 Å². The van der Waals surface area contributed by atoms with Crippen LogP contribution in [-0.2, 0) is 0 Å². The molecule has 0 aliphatic rings. The number of anilines is 1. The van der Waals surface area contributed by atoms with Crippen LogP contribution in [0.15, 0.2) is 24.3 Å². The molecule has 1 aromatic rings. The Morgan fingerprint density at radius 1 is 1.40 bits per heavy atom. The van der Waals surface area contributed by atoms with Crippen molar-refractivity contribution in [1.82, 2.24) is 0 Å². The molecule has 0 atom stereocenters. The topological polar surface area (TPSA) is 35.8 Å². The first-order chi connectivity index (χ1) is 7.07. The van der Waals surface area contributed by atoms with Crippen molar-refractivity contribution in [1.29, 1.82) is 5.26 Å². The van der Waals surface area contributed by atoms with Crippen LogP contribution in [0, 0.1) is 11.3 Å². The van der Waals surface area contributed by atoms with Gasteiger partial charge in [0.05, 0.1) is 11.6 Å². The molecule has 1 aromatic carbocycles. The summed E-state index contributed by atoms with van der Waals surface area (Å²) in [6.07, 6.45) is 2.27. The molecule has 0 amide bonds. The first kappa shape index (κ1) is 11.6. The first-order valence-corrected chi connectivity index (χ1v) is 5.36. The molecule has 0 aliphatic heterocycles. The lowest BCUT2D eigenvalue weighted by Crippen LogP contribution is -2.30. The smallest absolute Gasteiger partial charge is 0.0992 e. The van der Waals surface area contributed by atoms with Gasteiger partial charge in [-0.3, -0.25) is 0 Å². The van der Waals surface area contributed by atoms with E-state index in [-0.39, 0.29) is 5.54 Å². The van der Waals surface area contributed by atoms with Crippen LogP contribution >= 0.6 is 0 Å². The van der Waals surface area contributed by atoms with Gasteiger partial charge < -0.3 is 5.32 Å². The predicted octanol–water partition coefficient (Wildman–Crippen LogP) is 3.55. The Morgan fingerprint density at radius 2 is 2.13 bits per heavy atom. The Morgan fingerprint density at radius 3 is 2.73 bits per heavy atom. The second-order valence-corrected chi connectivity index (χ2v) is 4.45. The monoisotopic (exact) mass is 202 g/mol. The zero-order chi connectivity index (χ0) is 11.3. The van der Waals surface area contributed by atoms with Gasteiger partial charge in [-0.1, -0.05) is 19.4 Å². The largest absolute Gasteiger partial charge is 0.380 e. The van der Waals surface area contributed by atoms with Crippen LogP contribution in [0.2, 0.25) is 0 Å².